The van der Waals surface area contributed by atoms with Gasteiger partial charge in [-0.2, -0.15) is 8.78 Å². The number of rotatable bonds is 9. The first-order chi connectivity index (χ1) is 14.1. The van der Waals surface area contributed by atoms with Crippen LogP contribution >= 0.6 is 11.8 Å². The van der Waals surface area contributed by atoms with Gasteiger partial charge in [0, 0.05) is 55.6 Å². The fourth-order valence-corrected chi connectivity index (χ4v) is 3.73. The first kappa shape index (κ1) is 21.7. The van der Waals surface area contributed by atoms with Gasteiger partial charge >= 0.3 is 0 Å². The number of ether oxygens (including phenoxy) is 1. The monoisotopic (exact) mass is 421 g/mol. The van der Waals surface area contributed by atoms with E-state index in [1.165, 1.54) is 0 Å². The highest BCUT2D eigenvalue weighted by Gasteiger charge is 2.18. The third kappa shape index (κ3) is 7.06. The normalized spacial score (nSPS) is 14.9. The molecule has 1 aliphatic rings. The predicted molar refractivity (Wildman–Crippen MR) is 109 cm³/mol. The molecule has 1 fully saturated rings. The van der Waals surface area contributed by atoms with Crippen molar-refractivity contribution in [3.05, 3.63) is 59.9 Å². The Morgan fingerprint density at radius 1 is 1.14 bits per heavy atom. The van der Waals surface area contributed by atoms with Crippen LogP contribution in [0.5, 0.6) is 0 Å². The number of carbonyl (C=O) groups excluding carboxylic acids is 1. The maximum Gasteiger partial charge on any atom is 0.288 e. The number of amides is 1. The molecule has 1 aliphatic heterocycles. The maximum atomic E-state index is 13.1. The summed E-state index contributed by atoms with van der Waals surface area (Å²) in [5.41, 5.74) is 1.51. The number of nitrogens with zero attached hydrogens (tertiary/aromatic N) is 3. The van der Waals surface area contributed by atoms with E-state index in [9.17, 15) is 13.6 Å². The van der Waals surface area contributed by atoms with Crippen LogP contribution in [-0.2, 0) is 11.3 Å². The summed E-state index contributed by atoms with van der Waals surface area (Å²) in [6.45, 7) is 5.35. The van der Waals surface area contributed by atoms with Gasteiger partial charge in [0.1, 0.15) is 0 Å². The van der Waals surface area contributed by atoms with Crippen molar-refractivity contribution in [3.63, 3.8) is 0 Å². The van der Waals surface area contributed by atoms with Crippen molar-refractivity contribution in [2.75, 3.05) is 39.4 Å². The number of halogens is 2. The molecule has 1 aromatic carbocycles. The molecule has 1 saturated heterocycles. The third-order valence-corrected chi connectivity index (χ3v) is 5.47. The second-order valence-corrected chi connectivity index (χ2v) is 7.86. The van der Waals surface area contributed by atoms with Gasteiger partial charge in [-0.3, -0.25) is 14.7 Å². The fourth-order valence-electron chi connectivity index (χ4n) is 3.23. The van der Waals surface area contributed by atoms with E-state index in [4.69, 9.17) is 4.74 Å². The topological polar surface area (TPSA) is 45.7 Å². The Bertz CT molecular complexity index is 756. The van der Waals surface area contributed by atoms with E-state index < -0.39 is 5.76 Å². The van der Waals surface area contributed by atoms with Crippen molar-refractivity contribution in [2.24, 2.45) is 0 Å². The Morgan fingerprint density at radius 3 is 2.48 bits per heavy atom. The molecule has 0 radical (unpaired) electrons. The summed E-state index contributed by atoms with van der Waals surface area (Å²) in [4.78, 5) is 21.7. The van der Waals surface area contributed by atoms with Gasteiger partial charge < -0.3 is 9.64 Å². The van der Waals surface area contributed by atoms with Gasteiger partial charge in [-0.05, 0) is 48.4 Å². The molecule has 0 atom stereocenters. The molecule has 2 heterocycles. The van der Waals surface area contributed by atoms with E-state index >= 15 is 0 Å². The first-order valence-electron chi connectivity index (χ1n) is 9.65. The largest absolute Gasteiger partial charge is 0.379 e. The van der Waals surface area contributed by atoms with Crippen molar-refractivity contribution in [3.8, 4) is 0 Å². The fraction of sp³-hybridized carbons (Fsp3) is 0.429. The second-order valence-electron chi connectivity index (χ2n) is 6.79. The Labute approximate surface area is 174 Å². The first-order valence-corrected chi connectivity index (χ1v) is 10.5. The molecule has 5 nitrogen and oxygen atoms in total. The average Bonchev–Trinajstić information content (AvgIpc) is 2.74. The van der Waals surface area contributed by atoms with E-state index in [0.29, 0.717) is 35.3 Å². The van der Waals surface area contributed by atoms with Crippen molar-refractivity contribution in [1.29, 1.82) is 0 Å². The summed E-state index contributed by atoms with van der Waals surface area (Å²) in [7, 11) is 0. The van der Waals surface area contributed by atoms with Crippen molar-refractivity contribution < 1.29 is 18.3 Å². The Hall–Kier alpha value is -2.03. The highest BCUT2D eigenvalue weighted by atomic mass is 32.2. The van der Waals surface area contributed by atoms with Crippen LogP contribution in [0.25, 0.3) is 0 Å². The maximum absolute atomic E-state index is 13.1. The molecular formula is C21H25F2N3O2S. The van der Waals surface area contributed by atoms with Crippen LogP contribution in [0.3, 0.4) is 0 Å². The lowest BCUT2D eigenvalue weighted by atomic mass is 10.1. The molecule has 1 amide bonds. The van der Waals surface area contributed by atoms with E-state index in [0.717, 1.165) is 44.8 Å². The number of thioether (sulfide) groups is 1. The Balaban J connectivity index is 1.64. The zero-order chi connectivity index (χ0) is 20.5. The molecule has 156 valence electrons. The summed E-state index contributed by atoms with van der Waals surface area (Å²) >= 11 is 0.479. The van der Waals surface area contributed by atoms with Gasteiger partial charge in [-0.25, -0.2) is 0 Å². The Kier molecular flexibility index (Phi) is 8.39. The minimum absolute atomic E-state index is 0.0996. The van der Waals surface area contributed by atoms with Gasteiger partial charge in [0.25, 0.3) is 11.7 Å². The molecule has 3 rings (SSSR count). The third-order valence-electron chi connectivity index (χ3n) is 4.74. The van der Waals surface area contributed by atoms with Gasteiger partial charge in [0.2, 0.25) is 0 Å². The molecule has 29 heavy (non-hydrogen) atoms. The zero-order valence-electron chi connectivity index (χ0n) is 16.2. The molecule has 2 aromatic rings. The lowest BCUT2D eigenvalue weighted by Gasteiger charge is -2.28. The number of pyridine rings is 1. The molecular weight excluding hydrogens is 396 g/mol. The zero-order valence-corrected chi connectivity index (χ0v) is 17.0. The molecule has 0 spiro atoms. The molecule has 1 aromatic heterocycles. The quantitative estimate of drug-likeness (QED) is 0.577. The molecule has 8 heteroatoms. The van der Waals surface area contributed by atoms with Gasteiger partial charge in [0.05, 0.1) is 13.2 Å². The average molecular weight is 422 g/mol. The highest BCUT2D eigenvalue weighted by Crippen LogP contribution is 2.25. The molecule has 0 aliphatic carbocycles. The van der Waals surface area contributed by atoms with Crippen LogP contribution in [0.2, 0.25) is 0 Å². The number of hydrogen-bond donors (Lipinski definition) is 0. The minimum atomic E-state index is -2.47. The lowest BCUT2D eigenvalue weighted by Crippen LogP contribution is -2.39. The van der Waals surface area contributed by atoms with Crippen molar-refractivity contribution in [2.45, 2.75) is 23.6 Å². The summed E-state index contributed by atoms with van der Waals surface area (Å²) in [5.74, 6) is -2.57. The molecule has 0 N–H and O–H groups in total. The molecule has 0 bridgehead atoms. The number of benzene rings is 1. The van der Waals surface area contributed by atoms with Crippen LogP contribution in [0.1, 0.15) is 22.3 Å². The van der Waals surface area contributed by atoms with E-state index in [-0.39, 0.29) is 5.91 Å². The minimum Gasteiger partial charge on any atom is -0.379 e. The standard InChI is InChI=1S/C21H25F2N3O2S/c22-21(23)29-19-4-2-18(3-5-19)20(27)26(16-17-6-8-24-9-7-17)11-1-10-25-12-14-28-15-13-25/h2-9,21H,1,10-16H2. The van der Waals surface area contributed by atoms with Gasteiger partial charge in [-0.15, -0.1) is 0 Å². The summed E-state index contributed by atoms with van der Waals surface area (Å²) in [6, 6.07) is 10.2. The molecule has 0 unspecified atom stereocenters. The van der Waals surface area contributed by atoms with Crippen molar-refractivity contribution >= 4 is 17.7 Å². The second kappa shape index (κ2) is 11.2. The predicted octanol–water partition coefficient (Wildman–Crippen LogP) is 3.76. The van der Waals surface area contributed by atoms with E-state index in [1.54, 1.807) is 36.7 Å². The number of carbonyl (C=O) groups is 1. The lowest BCUT2D eigenvalue weighted by molar-refractivity contribution is 0.0355. The van der Waals surface area contributed by atoms with Crippen LogP contribution in [0.15, 0.2) is 53.7 Å². The smallest absolute Gasteiger partial charge is 0.288 e. The van der Waals surface area contributed by atoms with Gasteiger partial charge in [-0.1, -0.05) is 11.8 Å². The summed E-state index contributed by atoms with van der Waals surface area (Å²) < 4.78 is 30.4. The molecule has 0 saturated carbocycles. The van der Waals surface area contributed by atoms with Crippen LogP contribution in [0.4, 0.5) is 8.78 Å². The van der Waals surface area contributed by atoms with E-state index in [2.05, 4.69) is 9.88 Å². The van der Waals surface area contributed by atoms with Crippen LogP contribution in [0, 0.1) is 0 Å². The SMILES string of the molecule is O=C(c1ccc(SC(F)F)cc1)N(CCCN1CCOCC1)Cc1ccncc1. The number of aromatic nitrogens is 1. The Morgan fingerprint density at radius 2 is 1.83 bits per heavy atom. The highest BCUT2D eigenvalue weighted by molar-refractivity contribution is 7.99. The summed E-state index contributed by atoms with van der Waals surface area (Å²) in [5, 5.41) is 0. The van der Waals surface area contributed by atoms with Crippen LogP contribution < -0.4 is 0 Å². The summed E-state index contributed by atoms with van der Waals surface area (Å²) in [6.07, 6.45) is 4.28. The van der Waals surface area contributed by atoms with Crippen molar-refractivity contribution in [1.82, 2.24) is 14.8 Å². The number of alkyl halides is 2. The van der Waals surface area contributed by atoms with Crippen LogP contribution in [-0.4, -0.2) is 65.8 Å². The number of morpholine rings is 1. The van der Waals surface area contributed by atoms with Gasteiger partial charge in [0.15, 0.2) is 0 Å². The number of hydrogen-bond acceptors (Lipinski definition) is 5. The van der Waals surface area contributed by atoms with E-state index in [1.807, 2.05) is 17.0 Å².